The number of guanidine groups is 1. The molecule has 2 aromatic carbocycles. The van der Waals surface area contributed by atoms with Crippen LogP contribution in [-0.4, -0.2) is 52.8 Å². The normalized spacial score (nSPS) is 26.5. The third-order valence-electron chi connectivity index (χ3n) is 7.65. The number of hydrogen-bond donors (Lipinski definition) is 2. The van der Waals surface area contributed by atoms with Crippen molar-refractivity contribution in [2.75, 3.05) is 5.32 Å². The summed E-state index contributed by atoms with van der Waals surface area (Å²) in [6.07, 6.45) is 1.99. The van der Waals surface area contributed by atoms with Crippen molar-refractivity contribution in [1.82, 2.24) is 10.2 Å². The van der Waals surface area contributed by atoms with Crippen molar-refractivity contribution >= 4 is 41.3 Å². The van der Waals surface area contributed by atoms with E-state index in [9.17, 15) is 14.4 Å². The lowest BCUT2D eigenvalue weighted by atomic mass is 9.85. The topological polar surface area (TPSA) is 119 Å². The zero-order valence-corrected chi connectivity index (χ0v) is 25.1. The van der Waals surface area contributed by atoms with Gasteiger partial charge in [0, 0.05) is 6.04 Å². The van der Waals surface area contributed by atoms with E-state index in [4.69, 9.17) is 25.8 Å². The highest BCUT2D eigenvalue weighted by molar-refractivity contribution is 6.34. The van der Waals surface area contributed by atoms with E-state index in [0.29, 0.717) is 24.1 Å². The Kier molecular flexibility index (Phi) is 8.48. The molecule has 0 aliphatic carbocycles. The van der Waals surface area contributed by atoms with E-state index in [0.717, 1.165) is 18.4 Å². The lowest BCUT2D eigenvalue weighted by Crippen LogP contribution is -2.63. The van der Waals surface area contributed by atoms with Crippen molar-refractivity contribution in [2.45, 2.75) is 95.8 Å². The maximum absolute atomic E-state index is 13.9. The van der Waals surface area contributed by atoms with Crippen LogP contribution in [0.1, 0.15) is 70.9 Å². The standard InChI is InChI=1S/C31H37ClN4O6/c1-30(2,3)42-29(39)34-27-35-31(4,17-25(37)36(27)20-15-21-13-14-22(16-20)41-21)23-11-8-12-24(26(23)32)33-28(38)40-18-19-9-6-5-7-10-19/h5-12,20-22H,13-18H2,1-4H3,(H,33,38)(H,34,35,39)/t20?,21-,22+,31-/m0/s1. The number of ether oxygens (including phenoxy) is 3. The van der Waals surface area contributed by atoms with Gasteiger partial charge in [0.1, 0.15) is 12.2 Å². The fourth-order valence-corrected chi connectivity index (χ4v) is 6.20. The molecule has 11 heteroatoms. The fraction of sp³-hybridized carbons (Fsp3) is 0.484. The van der Waals surface area contributed by atoms with Gasteiger partial charge < -0.3 is 19.5 Å². The van der Waals surface area contributed by atoms with E-state index in [-0.39, 0.29) is 48.2 Å². The van der Waals surface area contributed by atoms with Crippen LogP contribution in [0.5, 0.6) is 0 Å². The van der Waals surface area contributed by atoms with E-state index in [1.54, 1.807) is 43.9 Å². The van der Waals surface area contributed by atoms with Gasteiger partial charge in [-0.3, -0.25) is 15.0 Å². The van der Waals surface area contributed by atoms with Crippen molar-refractivity contribution in [3.63, 3.8) is 0 Å². The van der Waals surface area contributed by atoms with Crippen molar-refractivity contribution in [3.8, 4) is 0 Å². The molecule has 3 aliphatic heterocycles. The molecule has 42 heavy (non-hydrogen) atoms. The summed E-state index contributed by atoms with van der Waals surface area (Å²) in [5.74, 6) is -0.0763. The summed E-state index contributed by atoms with van der Waals surface area (Å²) in [6, 6.07) is 14.3. The Morgan fingerprint density at radius 2 is 1.81 bits per heavy atom. The van der Waals surface area contributed by atoms with E-state index in [1.165, 1.54) is 0 Å². The first-order chi connectivity index (χ1) is 19.9. The van der Waals surface area contributed by atoms with Gasteiger partial charge in [0.25, 0.3) is 0 Å². The summed E-state index contributed by atoms with van der Waals surface area (Å²) >= 11 is 6.83. The maximum Gasteiger partial charge on any atom is 0.437 e. The Balaban J connectivity index is 1.39. The molecule has 3 aliphatic rings. The van der Waals surface area contributed by atoms with Crippen LogP contribution >= 0.6 is 11.6 Å². The van der Waals surface area contributed by atoms with Gasteiger partial charge in [0.05, 0.1) is 34.9 Å². The largest absolute Gasteiger partial charge is 0.444 e. The molecular weight excluding hydrogens is 560 g/mol. The first kappa shape index (κ1) is 29.8. The van der Waals surface area contributed by atoms with Crippen LogP contribution in [0.3, 0.4) is 0 Å². The third-order valence-corrected chi connectivity index (χ3v) is 8.06. The van der Waals surface area contributed by atoms with Gasteiger partial charge in [-0.05, 0) is 70.6 Å². The van der Waals surface area contributed by atoms with Crippen LogP contribution in [0.15, 0.2) is 53.5 Å². The number of halogens is 1. The number of hydrogen-bond acceptors (Lipinski definition) is 6. The van der Waals surface area contributed by atoms with Crippen LogP contribution in [0.2, 0.25) is 5.02 Å². The summed E-state index contributed by atoms with van der Waals surface area (Å²) < 4.78 is 16.8. The Labute approximate surface area is 250 Å². The first-order valence-electron chi connectivity index (χ1n) is 14.2. The molecule has 3 fully saturated rings. The molecule has 224 valence electrons. The van der Waals surface area contributed by atoms with Crippen LogP contribution in [0.25, 0.3) is 0 Å². The van der Waals surface area contributed by atoms with Crippen LogP contribution < -0.4 is 10.6 Å². The summed E-state index contributed by atoms with van der Waals surface area (Å²) in [7, 11) is 0. The predicted octanol–water partition coefficient (Wildman–Crippen LogP) is 6.13. The molecule has 5 rings (SSSR count). The molecule has 2 N–H and O–H groups in total. The number of amides is 3. The number of benzene rings is 2. The summed E-state index contributed by atoms with van der Waals surface area (Å²) in [5, 5.41) is 6.29. The average Bonchev–Trinajstić information content (AvgIpc) is 3.25. The van der Waals surface area contributed by atoms with E-state index in [2.05, 4.69) is 15.6 Å². The van der Waals surface area contributed by atoms with E-state index >= 15 is 0 Å². The smallest absolute Gasteiger partial charge is 0.437 e. The van der Waals surface area contributed by atoms with Gasteiger partial charge in [-0.15, -0.1) is 4.99 Å². The molecule has 2 bridgehead atoms. The van der Waals surface area contributed by atoms with Crippen molar-refractivity contribution < 1.29 is 28.6 Å². The molecule has 3 saturated heterocycles. The lowest BCUT2D eigenvalue weighted by molar-refractivity contribution is -0.135. The van der Waals surface area contributed by atoms with Crippen molar-refractivity contribution in [2.24, 2.45) is 4.99 Å². The lowest BCUT2D eigenvalue weighted by Gasteiger charge is -2.46. The molecule has 10 nitrogen and oxygen atoms in total. The summed E-state index contributed by atoms with van der Waals surface area (Å²) in [5.41, 5.74) is -0.0617. The minimum absolute atomic E-state index is 0.0503. The first-order valence-corrected chi connectivity index (χ1v) is 14.6. The van der Waals surface area contributed by atoms with Gasteiger partial charge in [0.15, 0.2) is 0 Å². The Morgan fingerprint density at radius 1 is 1.12 bits per heavy atom. The number of carbonyl (C=O) groups is 3. The zero-order valence-electron chi connectivity index (χ0n) is 24.3. The SMILES string of the molecule is CC(C)(C)OC(=O)/N=C1\N[C@](C)(c2cccc(NC(=O)OCc3ccccc3)c2Cl)CC(=O)N1C1C[C@H]2CC[C@@H](C1)O2. The Bertz CT molecular complexity index is 1370. The number of nitrogens with zero attached hydrogens (tertiary/aromatic N) is 2. The molecule has 0 saturated carbocycles. The van der Waals surface area contributed by atoms with E-state index < -0.39 is 23.3 Å². The minimum atomic E-state index is -1.04. The quantitative estimate of drug-likeness (QED) is 0.426. The predicted molar refractivity (Wildman–Crippen MR) is 158 cm³/mol. The van der Waals surface area contributed by atoms with Crippen LogP contribution in [-0.2, 0) is 31.2 Å². The number of fused-ring (bicyclic) bond motifs is 2. The fourth-order valence-electron chi connectivity index (χ4n) is 5.81. The Hall–Kier alpha value is -3.63. The molecule has 2 aromatic rings. The van der Waals surface area contributed by atoms with E-state index in [1.807, 2.05) is 37.3 Å². The number of rotatable bonds is 5. The van der Waals surface area contributed by atoms with Gasteiger partial charge in [-0.1, -0.05) is 54.1 Å². The minimum Gasteiger partial charge on any atom is -0.444 e. The second-order valence-electron chi connectivity index (χ2n) is 12.2. The number of nitrogens with one attached hydrogen (secondary N) is 2. The van der Waals surface area contributed by atoms with Crippen molar-refractivity contribution in [3.05, 3.63) is 64.7 Å². The summed E-state index contributed by atoms with van der Waals surface area (Å²) in [6.45, 7) is 7.19. The molecular formula is C31H37ClN4O6. The second kappa shape index (κ2) is 11.9. The third kappa shape index (κ3) is 6.87. The molecule has 1 unspecified atom stereocenters. The monoisotopic (exact) mass is 596 g/mol. The highest BCUT2D eigenvalue weighted by Crippen LogP contribution is 2.40. The van der Waals surface area contributed by atoms with Crippen LogP contribution in [0, 0.1) is 0 Å². The molecule has 0 aromatic heterocycles. The molecule has 4 atom stereocenters. The second-order valence-corrected chi connectivity index (χ2v) is 12.6. The van der Waals surface area contributed by atoms with Crippen LogP contribution in [0.4, 0.5) is 15.3 Å². The molecule has 3 amide bonds. The summed E-state index contributed by atoms with van der Waals surface area (Å²) in [4.78, 5) is 45.1. The number of aliphatic imine (C=N–C) groups is 1. The van der Waals surface area contributed by atoms with Gasteiger partial charge >= 0.3 is 12.2 Å². The van der Waals surface area contributed by atoms with Crippen molar-refractivity contribution in [1.29, 1.82) is 0 Å². The highest BCUT2D eigenvalue weighted by atomic mass is 35.5. The van der Waals surface area contributed by atoms with Gasteiger partial charge in [-0.25, -0.2) is 9.59 Å². The maximum atomic E-state index is 13.9. The zero-order chi connectivity index (χ0) is 30.1. The molecule has 3 heterocycles. The van der Waals surface area contributed by atoms with Gasteiger partial charge in [0.2, 0.25) is 11.9 Å². The van der Waals surface area contributed by atoms with Gasteiger partial charge in [-0.2, -0.15) is 0 Å². The highest BCUT2D eigenvalue weighted by Gasteiger charge is 2.47. The molecule has 0 radical (unpaired) electrons. The average molecular weight is 597 g/mol. The molecule has 0 spiro atoms. The number of carbonyl (C=O) groups excluding carboxylic acids is 3. The Morgan fingerprint density at radius 3 is 2.48 bits per heavy atom. The number of anilines is 1.